The van der Waals surface area contributed by atoms with Crippen molar-refractivity contribution < 1.29 is 19.2 Å². The van der Waals surface area contributed by atoms with Gasteiger partial charge in [-0.1, -0.05) is 83.4 Å². The lowest BCUT2D eigenvalue weighted by Gasteiger charge is -2.16. The third kappa shape index (κ3) is 6.94. The quantitative estimate of drug-likeness (QED) is 0.275. The van der Waals surface area contributed by atoms with Crippen LogP contribution >= 0.6 is 48.0 Å². The number of hydrogen-bond acceptors (Lipinski definition) is 8. The molecule has 2 heterocycles. The fourth-order valence-electron chi connectivity index (χ4n) is 5.04. The Morgan fingerprint density at radius 3 is 1.26 bits per heavy atom. The Labute approximate surface area is 265 Å². The molecule has 2 aromatic carbocycles. The number of nitrogens with zero attached hydrogens (tertiary/aromatic N) is 2. The molecule has 4 rings (SSSR count). The molecule has 2 fully saturated rings. The summed E-state index contributed by atoms with van der Waals surface area (Å²) in [6, 6.07) is 8.00. The van der Waals surface area contributed by atoms with Crippen LogP contribution in [0.25, 0.3) is 0 Å². The van der Waals surface area contributed by atoms with Crippen LogP contribution in [0.3, 0.4) is 0 Å². The number of hydrogen-bond donors (Lipinski definition) is 2. The van der Waals surface area contributed by atoms with Crippen LogP contribution in [0.5, 0.6) is 0 Å². The molecule has 2 N–H and O–H groups in total. The summed E-state index contributed by atoms with van der Waals surface area (Å²) < 4.78 is 0.554. The van der Waals surface area contributed by atoms with Crippen LogP contribution in [0.15, 0.2) is 34.1 Å². The lowest BCUT2D eigenvalue weighted by molar-refractivity contribution is -0.125. The van der Waals surface area contributed by atoms with Crippen molar-refractivity contribution >= 4 is 91.6 Å². The van der Waals surface area contributed by atoms with Crippen molar-refractivity contribution in [1.82, 2.24) is 9.80 Å². The SMILES string of the molecule is Cc1cc(C)c(NC(=O)CCN2C(=O)C(=C3SC(=S)N(CCC(=O)Nc4c(C)cc(C)cc4C)C3=O)SC2=S)c(C)c1. The number of anilines is 2. The van der Waals surface area contributed by atoms with E-state index in [0.717, 1.165) is 68.3 Å². The number of amides is 4. The maximum absolute atomic E-state index is 13.3. The van der Waals surface area contributed by atoms with E-state index in [1.807, 2.05) is 65.8 Å². The summed E-state index contributed by atoms with van der Waals surface area (Å²) in [4.78, 5) is 55.1. The fourth-order valence-corrected chi connectivity index (χ4v) is 7.81. The zero-order valence-electron chi connectivity index (χ0n) is 24.3. The Kier molecular flexibility index (Phi) is 9.92. The second-order valence-corrected chi connectivity index (χ2v) is 13.7. The molecule has 2 aliphatic rings. The molecule has 220 valence electrons. The van der Waals surface area contributed by atoms with E-state index in [0.29, 0.717) is 0 Å². The summed E-state index contributed by atoms with van der Waals surface area (Å²) in [6.07, 6.45) is 0.0883. The van der Waals surface area contributed by atoms with Crippen molar-refractivity contribution in [2.75, 3.05) is 23.7 Å². The largest absolute Gasteiger partial charge is 0.326 e. The van der Waals surface area contributed by atoms with Crippen molar-refractivity contribution in [3.8, 4) is 0 Å². The van der Waals surface area contributed by atoms with Gasteiger partial charge >= 0.3 is 0 Å². The van der Waals surface area contributed by atoms with Gasteiger partial charge < -0.3 is 10.6 Å². The molecule has 0 atom stereocenters. The van der Waals surface area contributed by atoms with Gasteiger partial charge in [-0.25, -0.2) is 0 Å². The van der Waals surface area contributed by atoms with Gasteiger partial charge in [0.2, 0.25) is 11.8 Å². The number of carbonyl (C=O) groups excluding carboxylic acids is 4. The highest BCUT2D eigenvalue weighted by molar-refractivity contribution is 8.29. The zero-order chi connectivity index (χ0) is 30.9. The molecule has 0 radical (unpaired) electrons. The summed E-state index contributed by atoms with van der Waals surface area (Å²) >= 11 is 12.9. The van der Waals surface area contributed by atoms with Crippen LogP contribution in [0.1, 0.15) is 46.2 Å². The molecule has 12 heteroatoms. The van der Waals surface area contributed by atoms with Crippen molar-refractivity contribution in [1.29, 1.82) is 0 Å². The third-order valence-corrected chi connectivity index (χ3v) is 9.94. The molecule has 0 spiro atoms. The van der Waals surface area contributed by atoms with Gasteiger partial charge in [0.1, 0.15) is 8.64 Å². The Hall–Kier alpha value is -3.06. The van der Waals surface area contributed by atoms with Crippen molar-refractivity contribution in [2.24, 2.45) is 0 Å². The van der Waals surface area contributed by atoms with Gasteiger partial charge in [-0.2, -0.15) is 0 Å². The predicted molar refractivity (Wildman–Crippen MR) is 179 cm³/mol. The minimum Gasteiger partial charge on any atom is -0.326 e. The predicted octanol–water partition coefficient (Wildman–Crippen LogP) is 5.83. The van der Waals surface area contributed by atoms with Crippen LogP contribution in [-0.2, 0) is 19.2 Å². The van der Waals surface area contributed by atoms with Crippen LogP contribution in [-0.4, -0.2) is 55.2 Å². The average Bonchev–Trinajstić information content (AvgIpc) is 3.33. The number of benzene rings is 2. The summed E-state index contributed by atoms with van der Waals surface area (Å²) in [5.74, 6) is -1.33. The molecule has 2 aliphatic heterocycles. The first-order chi connectivity index (χ1) is 19.8. The number of nitrogens with one attached hydrogen (secondary N) is 2. The molecular formula is C30H32N4O4S4. The van der Waals surface area contributed by atoms with Crippen molar-refractivity contribution in [2.45, 2.75) is 54.4 Å². The van der Waals surface area contributed by atoms with Gasteiger partial charge in [0.05, 0.1) is 9.81 Å². The number of rotatable bonds is 8. The first-order valence-corrected chi connectivity index (χ1v) is 15.8. The first-order valence-electron chi connectivity index (χ1n) is 13.3. The normalized spacial score (nSPS) is 17.0. The smallest absolute Gasteiger partial charge is 0.267 e. The third-order valence-electron chi connectivity index (χ3n) is 6.91. The maximum Gasteiger partial charge on any atom is 0.267 e. The molecule has 2 saturated heterocycles. The number of thiocarbonyl (C=S) groups is 2. The molecule has 2 aromatic rings. The molecule has 0 aliphatic carbocycles. The highest BCUT2D eigenvalue weighted by Crippen LogP contribution is 2.42. The Balaban J connectivity index is 1.37. The van der Waals surface area contributed by atoms with E-state index in [2.05, 4.69) is 10.6 Å². The van der Waals surface area contributed by atoms with Gasteiger partial charge in [-0.05, 0) is 63.8 Å². The first kappa shape index (κ1) is 31.9. The highest BCUT2D eigenvalue weighted by Gasteiger charge is 2.42. The van der Waals surface area contributed by atoms with Crippen LogP contribution in [0.2, 0.25) is 0 Å². The van der Waals surface area contributed by atoms with E-state index in [1.54, 1.807) is 0 Å². The van der Waals surface area contributed by atoms with Crippen LogP contribution < -0.4 is 10.6 Å². The van der Waals surface area contributed by atoms with Gasteiger partial charge in [-0.3, -0.25) is 29.0 Å². The van der Waals surface area contributed by atoms with Gasteiger partial charge in [0, 0.05) is 37.3 Å². The Morgan fingerprint density at radius 2 is 0.952 bits per heavy atom. The standard InChI is InChI=1S/C30H32N4O4S4/c1-15-11-17(3)23(18(4)12-15)31-21(35)7-9-33-27(37)25(41-29(33)39)26-28(38)34(30(40)42-26)10-8-22(36)32-24-19(5)13-16(2)14-20(24)6/h11-14H,7-10H2,1-6H3,(H,31,35)(H,32,36). The van der Waals surface area contributed by atoms with Gasteiger partial charge in [0.25, 0.3) is 11.8 Å². The van der Waals surface area contributed by atoms with E-state index in [-0.39, 0.29) is 56.2 Å². The molecule has 0 saturated carbocycles. The molecular weight excluding hydrogens is 609 g/mol. The molecule has 0 aromatic heterocycles. The molecule has 8 nitrogen and oxygen atoms in total. The highest BCUT2D eigenvalue weighted by atomic mass is 32.2. The summed E-state index contributed by atoms with van der Waals surface area (Å²) in [5.41, 5.74) is 7.61. The van der Waals surface area contributed by atoms with Crippen LogP contribution in [0.4, 0.5) is 11.4 Å². The molecule has 4 amide bonds. The topological polar surface area (TPSA) is 98.8 Å². The number of thioether (sulfide) groups is 2. The van der Waals surface area contributed by atoms with E-state index < -0.39 is 11.8 Å². The fraction of sp³-hybridized carbons (Fsp3) is 0.333. The molecule has 0 unspecified atom stereocenters. The van der Waals surface area contributed by atoms with E-state index in [1.165, 1.54) is 9.80 Å². The average molecular weight is 641 g/mol. The van der Waals surface area contributed by atoms with Crippen molar-refractivity contribution in [3.63, 3.8) is 0 Å². The number of aryl methyl sites for hydroxylation is 6. The van der Waals surface area contributed by atoms with Gasteiger partial charge in [0.15, 0.2) is 0 Å². The maximum atomic E-state index is 13.3. The second kappa shape index (κ2) is 13.1. The summed E-state index contributed by atoms with van der Waals surface area (Å²) in [7, 11) is 0. The lowest BCUT2D eigenvalue weighted by atomic mass is 10.0. The zero-order valence-corrected chi connectivity index (χ0v) is 27.6. The van der Waals surface area contributed by atoms with E-state index in [9.17, 15) is 19.2 Å². The van der Waals surface area contributed by atoms with Crippen LogP contribution in [0, 0.1) is 41.5 Å². The number of carbonyl (C=O) groups is 4. The molecule has 42 heavy (non-hydrogen) atoms. The van der Waals surface area contributed by atoms with Gasteiger partial charge in [-0.15, -0.1) is 0 Å². The van der Waals surface area contributed by atoms with Crippen molar-refractivity contribution in [3.05, 3.63) is 67.5 Å². The lowest BCUT2D eigenvalue weighted by Crippen LogP contribution is -2.33. The molecule has 0 bridgehead atoms. The van der Waals surface area contributed by atoms with E-state index >= 15 is 0 Å². The summed E-state index contributed by atoms with van der Waals surface area (Å²) in [6.45, 7) is 11.9. The Bertz CT molecular complexity index is 1420. The summed E-state index contributed by atoms with van der Waals surface area (Å²) in [5, 5.41) is 5.87. The minimum atomic E-state index is -0.427. The minimum absolute atomic E-state index is 0.0441. The van der Waals surface area contributed by atoms with E-state index in [4.69, 9.17) is 24.4 Å². The second-order valence-electron chi connectivity index (χ2n) is 10.5. The Morgan fingerprint density at radius 1 is 0.643 bits per heavy atom. The monoisotopic (exact) mass is 640 g/mol.